The fourth-order valence-electron chi connectivity index (χ4n) is 4.37. The summed E-state index contributed by atoms with van der Waals surface area (Å²) in [5, 5.41) is 5.30. The van der Waals surface area contributed by atoms with Gasteiger partial charge in [0.15, 0.2) is 5.78 Å². The van der Waals surface area contributed by atoms with Gasteiger partial charge in [-0.15, -0.1) is 0 Å². The lowest BCUT2D eigenvalue weighted by molar-refractivity contribution is -0.148. The second kappa shape index (κ2) is 10.1. The minimum absolute atomic E-state index is 0.0327. The first-order chi connectivity index (χ1) is 16.8. The molecule has 2 unspecified atom stereocenters. The highest BCUT2D eigenvalue weighted by molar-refractivity contribution is 6.04. The highest BCUT2D eigenvalue weighted by Gasteiger charge is 2.36. The smallest absolute Gasteiger partial charge is 0.310 e. The zero-order valence-corrected chi connectivity index (χ0v) is 19.6. The van der Waals surface area contributed by atoms with Crippen molar-refractivity contribution >= 4 is 41.0 Å². The number of nitrogens with one attached hydrogen (secondary N) is 3. The number of benzene rings is 1. The van der Waals surface area contributed by atoms with Gasteiger partial charge in [-0.25, -0.2) is 0 Å². The Morgan fingerprint density at radius 3 is 2.63 bits per heavy atom. The SMILES string of the molecule is CCOC(=O)C1CCCN(c2nc3c(c(=O)[nH]2)C(C(=O)Nc2ccc(C(C)=O)cc2)CC(=O)N3)C1. The lowest BCUT2D eigenvalue weighted by Crippen LogP contribution is -2.42. The average molecular weight is 482 g/mol. The number of fused-ring (bicyclic) bond motifs is 1. The van der Waals surface area contributed by atoms with Gasteiger partial charge in [0.2, 0.25) is 17.8 Å². The van der Waals surface area contributed by atoms with Crippen LogP contribution in [0.25, 0.3) is 0 Å². The zero-order chi connectivity index (χ0) is 25.1. The zero-order valence-electron chi connectivity index (χ0n) is 19.6. The Morgan fingerprint density at radius 2 is 1.94 bits per heavy atom. The number of aromatic nitrogens is 2. The van der Waals surface area contributed by atoms with Crippen LogP contribution in [0.15, 0.2) is 29.1 Å². The summed E-state index contributed by atoms with van der Waals surface area (Å²) in [5.74, 6) is -2.48. The molecule has 4 rings (SSSR count). The molecule has 1 aromatic carbocycles. The maximum absolute atomic E-state index is 13.1. The van der Waals surface area contributed by atoms with E-state index >= 15 is 0 Å². The van der Waals surface area contributed by atoms with Crippen molar-refractivity contribution in [3.05, 3.63) is 45.7 Å². The Bertz CT molecular complexity index is 1220. The van der Waals surface area contributed by atoms with Crippen LogP contribution >= 0.6 is 0 Å². The monoisotopic (exact) mass is 481 g/mol. The molecule has 0 aliphatic carbocycles. The van der Waals surface area contributed by atoms with E-state index in [1.807, 2.05) is 0 Å². The van der Waals surface area contributed by atoms with Gasteiger partial charge in [0.25, 0.3) is 5.56 Å². The molecule has 3 N–H and O–H groups in total. The van der Waals surface area contributed by atoms with E-state index in [2.05, 4.69) is 20.6 Å². The molecular weight excluding hydrogens is 454 g/mol. The van der Waals surface area contributed by atoms with E-state index in [1.165, 1.54) is 6.92 Å². The molecule has 1 saturated heterocycles. The second-order valence-corrected chi connectivity index (χ2v) is 8.62. The molecule has 11 heteroatoms. The molecule has 2 aliphatic rings. The van der Waals surface area contributed by atoms with Crippen molar-refractivity contribution in [2.75, 3.05) is 35.2 Å². The van der Waals surface area contributed by atoms with E-state index in [9.17, 15) is 24.0 Å². The van der Waals surface area contributed by atoms with E-state index in [0.717, 1.165) is 0 Å². The van der Waals surface area contributed by atoms with Crippen LogP contribution in [0.1, 0.15) is 54.9 Å². The molecule has 0 bridgehead atoms. The van der Waals surface area contributed by atoms with Crippen LogP contribution < -0.4 is 21.1 Å². The minimum Gasteiger partial charge on any atom is -0.466 e. The van der Waals surface area contributed by atoms with Gasteiger partial charge in [0.1, 0.15) is 5.82 Å². The van der Waals surface area contributed by atoms with E-state index < -0.39 is 23.3 Å². The normalized spacial score (nSPS) is 19.4. The van der Waals surface area contributed by atoms with Crippen molar-refractivity contribution in [2.45, 2.75) is 39.0 Å². The number of carbonyl (C=O) groups is 4. The van der Waals surface area contributed by atoms with Gasteiger partial charge >= 0.3 is 5.97 Å². The molecule has 1 aromatic heterocycles. The summed E-state index contributed by atoms with van der Waals surface area (Å²) >= 11 is 0. The van der Waals surface area contributed by atoms with Crippen molar-refractivity contribution < 1.29 is 23.9 Å². The van der Waals surface area contributed by atoms with E-state index in [4.69, 9.17) is 4.74 Å². The Kier molecular flexibility index (Phi) is 6.94. The largest absolute Gasteiger partial charge is 0.466 e. The highest BCUT2D eigenvalue weighted by atomic mass is 16.5. The average Bonchev–Trinajstić information content (AvgIpc) is 2.83. The van der Waals surface area contributed by atoms with Crippen LogP contribution in [0.4, 0.5) is 17.5 Å². The fraction of sp³-hybridized carbons (Fsp3) is 0.417. The lowest BCUT2D eigenvalue weighted by Gasteiger charge is -2.32. The quantitative estimate of drug-likeness (QED) is 0.418. The van der Waals surface area contributed by atoms with Crippen LogP contribution in [-0.2, 0) is 19.1 Å². The van der Waals surface area contributed by atoms with Crippen LogP contribution in [-0.4, -0.2) is 53.2 Å². The number of carbonyl (C=O) groups excluding carboxylic acids is 4. The standard InChI is InChI=1S/C24H27N5O6/c1-3-35-23(34)15-5-4-10-29(12-15)24-27-20-19(22(33)28-24)17(11-18(31)26-20)21(32)25-16-8-6-14(7-9-16)13(2)30/h6-9,15,17H,3-5,10-12H2,1-2H3,(H,25,32)(H2,26,27,28,31,33). The van der Waals surface area contributed by atoms with Crippen molar-refractivity contribution in [1.82, 2.24) is 9.97 Å². The second-order valence-electron chi connectivity index (χ2n) is 8.62. The Morgan fingerprint density at radius 1 is 1.20 bits per heavy atom. The molecule has 35 heavy (non-hydrogen) atoms. The van der Waals surface area contributed by atoms with E-state index in [-0.39, 0.29) is 41.4 Å². The van der Waals surface area contributed by atoms with Gasteiger partial charge in [0, 0.05) is 30.8 Å². The summed E-state index contributed by atoms with van der Waals surface area (Å²) in [7, 11) is 0. The topological polar surface area (TPSA) is 151 Å². The molecular formula is C24H27N5O6. The van der Waals surface area contributed by atoms with Crippen molar-refractivity contribution in [1.29, 1.82) is 0 Å². The van der Waals surface area contributed by atoms with E-state index in [0.29, 0.717) is 43.8 Å². The first kappa shape index (κ1) is 24.1. The third-order valence-electron chi connectivity index (χ3n) is 6.15. The van der Waals surface area contributed by atoms with Crippen LogP contribution in [0.2, 0.25) is 0 Å². The van der Waals surface area contributed by atoms with Gasteiger partial charge in [-0.3, -0.25) is 29.0 Å². The van der Waals surface area contributed by atoms with Crippen LogP contribution in [0.5, 0.6) is 0 Å². The molecule has 11 nitrogen and oxygen atoms in total. The number of nitrogens with zero attached hydrogens (tertiary/aromatic N) is 2. The number of esters is 1. The van der Waals surface area contributed by atoms with Crippen LogP contribution in [0.3, 0.4) is 0 Å². The Hall–Kier alpha value is -4.02. The highest BCUT2D eigenvalue weighted by Crippen LogP contribution is 2.31. The predicted molar refractivity (Wildman–Crippen MR) is 127 cm³/mol. The molecule has 3 heterocycles. The summed E-state index contributed by atoms with van der Waals surface area (Å²) < 4.78 is 5.13. The molecule has 0 saturated carbocycles. The molecule has 2 amide bonds. The Labute approximate surface area is 201 Å². The van der Waals surface area contributed by atoms with Gasteiger partial charge in [0.05, 0.1) is 24.0 Å². The van der Waals surface area contributed by atoms with Gasteiger partial charge in [-0.2, -0.15) is 4.98 Å². The molecule has 2 aromatic rings. The van der Waals surface area contributed by atoms with Crippen molar-refractivity contribution in [2.24, 2.45) is 5.92 Å². The fourth-order valence-corrected chi connectivity index (χ4v) is 4.37. The van der Waals surface area contributed by atoms with Crippen molar-refractivity contribution in [3.8, 4) is 0 Å². The number of hydrogen-bond acceptors (Lipinski definition) is 8. The van der Waals surface area contributed by atoms with Crippen molar-refractivity contribution in [3.63, 3.8) is 0 Å². The summed E-state index contributed by atoms with van der Waals surface area (Å²) in [5.41, 5.74) is 0.480. The third-order valence-corrected chi connectivity index (χ3v) is 6.15. The van der Waals surface area contributed by atoms with Gasteiger partial charge in [-0.1, -0.05) is 0 Å². The number of ether oxygens (including phenoxy) is 1. The lowest BCUT2D eigenvalue weighted by atomic mass is 9.92. The number of Topliss-reactive ketones (excluding diaryl/α,β-unsaturated/α-hetero) is 1. The number of anilines is 3. The summed E-state index contributed by atoms with van der Waals surface area (Å²) in [6.45, 7) is 4.39. The molecule has 1 fully saturated rings. The third kappa shape index (κ3) is 5.23. The summed E-state index contributed by atoms with van der Waals surface area (Å²) in [4.78, 5) is 71.0. The number of ketones is 1. The van der Waals surface area contributed by atoms with E-state index in [1.54, 1.807) is 36.1 Å². The molecule has 0 radical (unpaired) electrons. The maximum atomic E-state index is 13.1. The number of rotatable bonds is 6. The molecule has 184 valence electrons. The predicted octanol–water partition coefficient (Wildman–Crippen LogP) is 1.82. The minimum atomic E-state index is -1.04. The van der Waals surface area contributed by atoms with Crippen LogP contribution in [0, 0.1) is 5.92 Å². The molecule has 2 atom stereocenters. The number of hydrogen-bond donors (Lipinski definition) is 3. The van der Waals surface area contributed by atoms with Gasteiger partial charge in [-0.05, 0) is 51.0 Å². The number of aromatic amines is 1. The number of amides is 2. The first-order valence-corrected chi connectivity index (χ1v) is 11.5. The first-order valence-electron chi connectivity index (χ1n) is 11.5. The summed E-state index contributed by atoms with van der Waals surface area (Å²) in [6, 6.07) is 6.34. The Balaban J connectivity index is 1.57. The molecule has 0 spiro atoms. The maximum Gasteiger partial charge on any atom is 0.310 e. The number of piperidine rings is 1. The number of H-pyrrole nitrogens is 1. The van der Waals surface area contributed by atoms with Gasteiger partial charge < -0.3 is 20.3 Å². The summed E-state index contributed by atoms with van der Waals surface area (Å²) in [6.07, 6.45) is 1.18. The molecule has 2 aliphatic heterocycles.